The molecule has 7 heteroatoms. The zero-order valence-electron chi connectivity index (χ0n) is 11.9. The molecule has 3 N–H and O–H groups in total. The Morgan fingerprint density at radius 1 is 1.48 bits per heavy atom. The van der Waals surface area contributed by atoms with Gasteiger partial charge in [-0.05, 0) is 25.5 Å². The number of hydrogen-bond acceptors (Lipinski definition) is 4. The largest absolute Gasteiger partial charge is 0.481 e. The van der Waals surface area contributed by atoms with Crippen LogP contribution in [-0.4, -0.2) is 42.4 Å². The molecule has 7 nitrogen and oxygen atoms in total. The summed E-state index contributed by atoms with van der Waals surface area (Å²) < 4.78 is 10.3. The van der Waals surface area contributed by atoms with Crippen molar-refractivity contribution < 1.29 is 23.8 Å². The van der Waals surface area contributed by atoms with Gasteiger partial charge >= 0.3 is 12.0 Å². The number of carboxylic acids is 1. The van der Waals surface area contributed by atoms with E-state index in [2.05, 4.69) is 10.6 Å². The lowest BCUT2D eigenvalue weighted by atomic mass is 10.0. The maximum atomic E-state index is 11.8. The molecule has 2 heterocycles. The lowest BCUT2D eigenvalue weighted by Crippen LogP contribution is -2.49. The van der Waals surface area contributed by atoms with Crippen LogP contribution in [-0.2, 0) is 16.0 Å². The summed E-state index contributed by atoms with van der Waals surface area (Å²) in [6, 6.07) is 2.82. The van der Waals surface area contributed by atoms with E-state index < -0.39 is 17.9 Å². The lowest BCUT2D eigenvalue weighted by Gasteiger charge is -2.19. The molecule has 1 aliphatic heterocycles. The molecule has 0 aromatic carbocycles. The zero-order chi connectivity index (χ0) is 15.2. The molecule has 1 fully saturated rings. The molecule has 1 aliphatic rings. The molecule has 2 rings (SSSR count). The minimum atomic E-state index is -0.955. The lowest BCUT2D eigenvalue weighted by molar-refractivity contribution is -0.142. The van der Waals surface area contributed by atoms with Crippen molar-refractivity contribution in [3.63, 3.8) is 0 Å². The summed E-state index contributed by atoms with van der Waals surface area (Å²) in [5, 5.41) is 14.4. The van der Waals surface area contributed by atoms with Gasteiger partial charge in [0.1, 0.15) is 11.7 Å². The van der Waals surface area contributed by atoms with Crippen LogP contribution in [0.4, 0.5) is 4.79 Å². The average Bonchev–Trinajstić information content (AvgIpc) is 3.06. The standard InChI is InChI=1S/C14H20N2O5/c1-9(4-5-10-3-2-6-21-10)15-14(19)16-12-8-20-7-11(12)13(17)18/h2-3,6,9,11-12H,4-5,7-8H2,1H3,(H,17,18)(H2,15,16,19). The van der Waals surface area contributed by atoms with Gasteiger partial charge in [-0.25, -0.2) is 4.79 Å². The minimum absolute atomic E-state index is 0.0410. The molecule has 0 radical (unpaired) electrons. The summed E-state index contributed by atoms with van der Waals surface area (Å²) in [7, 11) is 0. The Morgan fingerprint density at radius 2 is 2.29 bits per heavy atom. The van der Waals surface area contributed by atoms with Crippen molar-refractivity contribution in [3.05, 3.63) is 24.2 Å². The number of aliphatic carboxylic acids is 1. The van der Waals surface area contributed by atoms with Crippen LogP contribution in [0, 0.1) is 5.92 Å². The first kappa shape index (κ1) is 15.4. The number of carbonyl (C=O) groups is 2. The van der Waals surface area contributed by atoms with E-state index in [4.69, 9.17) is 14.3 Å². The maximum Gasteiger partial charge on any atom is 0.315 e. The Morgan fingerprint density at radius 3 is 2.95 bits per heavy atom. The van der Waals surface area contributed by atoms with Gasteiger partial charge in [0.05, 0.1) is 25.5 Å². The Bertz CT molecular complexity index is 474. The average molecular weight is 296 g/mol. The predicted molar refractivity (Wildman–Crippen MR) is 73.9 cm³/mol. The summed E-state index contributed by atoms with van der Waals surface area (Å²) >= 11 is 0. The van der Waals surface area contributed by atoms with Gasteiger partial charge in [0.25, 0.3) is 0 Å². The number of rotatable bonds is 6. The predicted octanol–water partition coefficient (Wildman–Crippen LogP) is 1.000. The highest BCUT2D eigenvalue weighted by Crippen LogP contribution is 2.13. The summed E-state index contributed by atoms with van der Waals surface area (Å²) in [4.78, 5) is 22.8. The molecular weight excluding hydrogens is 276 g/mol. The molecule has 3 atom stereocenters. The van der Waals surface area contributed by atoms with Crippen LogP contribution in [0.25, 0.3) is 0 Å². The molecule has 21 heavy (non-hydrogen) atoms. The number of urea groups is 1. The first-order chi connectivity index (χ1) is 10.1. The van der Waals surface area contributed by atoms with E-state index in [0.29, 0.717) is 0 Å². The second-order valence-electron chi connectivity index (χ2n) is 5.23. The Labute approximate surface area is 122 Å². The normalized spacial score (nSPS) is 22.7. The molecule has 2 amide bonds. The molecule has 116 valence electrons. The van der Waals surface area contributed by atoms with Crippen LogP contribution < -0.4 is 10.6 Å². The van der Waals surface area contributed by atoms with Crippen LogP contribution >= 0.6 is 0 Å². The van der Waals surface area contributed by atoms with E-state index in [0.717, 1.165) is 18.6 Å². The van der Waals surface area contributed by atoms with E-state index in [1.165, 1.54) is 0 Å². The van der Waals surface area contributed by atoms with Crippen molar-refractivity contribution in [2.45, 2.75) is 31.8 Å². The third-order valence-electron chi connectivity index (χ3n) is 3.50. The summed E-state index contributed by atoms with van der Waals surface area (Å²) in [5.74, 6) is -0.767. The van der Waals surface area contributed by atoms with Gasteiger partial charge in [-0.3, -0.25) is 4.79 Å². The summed E-state index contributed by atoms with van der Waals surface area (Å²) in [6.45, 7) is 2.25. The third-order valence-corrected chi connectivity index (χ3v) is 3.50. The monoisotopic (exact) mass is 296 g/mol. The van der Waals surface area contributed by atoms with E-state index in [-0.39, 0.29) is 25.3 Å². The number of ether oxygens (including phenoxy) is 1. The first-order valence-corrected chi connectivity index (χ1v) is 6.96. The topological polar surface area (TPSA) is 101 Å². The van der Waals surface area contributed by atoms with E-state index in [1.54, 1.807) is 6.26 Å². The fraction of sp³-hybridized carbons (Fsp3) is 0.571. The Balaban J connectivity index is 1.72. The Hall–Kier alpha value is -2.02. The van der Waals surface area contributed by atoms with Gasteiger partial charge in [0.2, 0.25) is 0 Å². The molecule has 0 aliphatic carbocycles. The smallest absolute Gasteiger partial charge is 0.315 e. The van der Waals surface area contributed by atoms with Crippen molar-refractivity contribution in [2.75, 3.05) is 13.2 Å². The van der Waals surface area contributed by atoms with Gasteiger partial charge in [-0.2, -0.15) is 0 Å². The van der Waals surface area contributed by atoms with Gasteiger partial charge in [0.15, 0.2) is 0 Å². The second kappa shape index (κ2) is 7.12. The molecule has 0 spiro atoms. The molecule has 1 saturated heterocycles. The highest BCUT2D eigenvalue weighted by Gasteiger charge is 2.35. The van der Waals surface area contributed by atoms with Gasteiger partial charge in [-0.15, -0.1) is 0 Å². The number of carbonyl (C=O) groups excluding carboxylic acids is 1. The van der Waals surface area contributed by atoms with Gasteiger partial charge in [0, 0.05) is 12.5 Å². The second-order valence-corrected chi connectivity index (χ2v) is 5.23. The van der Waals surface area contributed by atoms with Crippen LogP contribution in [0.2, 0.25) is 0 Å². The molecular formula is C14H20N2O5. The van der Waals surface area contributed by atoms with E-state index >= 15 is 0 Å². The van der Waals surface area contributed by atoms with Gasteiger partial charge in [-0.1, -0.05) is 0 Å². The summed E-state index contributed by atoms with van der Waals surface area (Å²) in [6.07, 6.45) is 3.09. The molecule has 0 bridgehead atoms. The fourth-order valence-electron chi connectivity index (χ4n) is 2.26. The number of furan rings is 1. The SMILES string of the molecule is CC(CCc1ccco1)NC(=O)NC1COCC1C(=O)O. The number of nitrogens with one attached hydrogen (secondary N) is 2. The molecule has 1 aromatic rings. The summed E-state index contributed by atoms with van der Waals surface area (Å²) in [5.41, 5.74) is 0. The van der Waals surface area contributed by atoms with Crippen molar-refractivity contribution in [1.82, 2.24) is 10.6 Å². The molecule has 0 saturated carbocycles. The zero-order valence-corrected chi connectivity index (χ0v) is 11.9. The minimum Gasteiger partial charge on any atom is -0.481 e. The third kappa shape index (κ3) is 4.49. The van der Waals surface area contributed by atoms with Crippen LogP contribution in [0.15, 0.2) is 22.8 Å². The number of amides is 2. The van der Waals surface area contributed by atoms with E-state index in [9.17, 15) is 9.59 Å². The molecule has 3 unspecified atom stereocenters. The van der Waals surface area contributed by atoms with Crippen molar-refractivity contribution in [1.29, 1.82) is 0 Å². The van der Waals surface area contributed by atoms with Crippen molar-refractivity contribution in [3.8, 4) is 0 Å². The van der Waals surface area contributed by atoms with Gasteiger partial charge < -0.3 is 24.9 Å². The number of carboxylic acid groups (broad SMARTS) is 1. The number of hydrogen-bond donors (Lipinski definition) is 3. The number of aryl methyl sites for hydroxylation is 1. The van der Waals surface area contributed by atoms with E-state index in [1.807, 2.05) is 19.1 Å². The quantitative estimate of drug-likeness (QED) is 0.727. The Kier molecular flexibility index (Phi) is 5.21. The molecule has 1 aromatic heterocycles. The van der Waals surface area contributed by atoms with Crippen LogP contribution in [0.3, 0.4) is 0 Å². The first-order valence-electron chi connectivity index (χ1n) is 6.96. The fourth-order valence-corrected chi connectivity index (χ4v) is 2.26. The highest BCUT2D eigenvalue weighted by molar-refractivity contribution is 5.77. The van der Waals surface area contributed by atoms with Crippen LogP contribution in [0.5, 0.6) is 0 Å². The van der Waals surface area contributed by atoms with Crippen LogP contribution in [0.1, 0.15) is 19.1 Å². The highest BCUT2D eigenvalue weighted by atomic mass is 16.5. The van der Waals surface area contributed by atoms with Crippen molar-refractivity contribution in [2.24, 2.45) is 5.92 Å². The van der Waals surface area contributed by atoms with Crippen molar-refractivity contribution >= 4 is 12.0 Å². The maximum absolute atomic E-state index is 11.8.